The van der Waals surface area contributed by atoms with Gasteiger partial charge in [-0.15, -0.1) is 11.3 Å². The lowest BCUT2D eigenvalue weighted by Gasteiger charge is -2.25. The zero-order chi connectivity index (χ0) is 13.4. The molecule has 0 saturated heterocycles. The predicted octanol–water partition coefficient (Wildman–Crippen LogP) is 3.82. The first-order valence-electron chi connectivity index (χ1n) is 6.81. The van der Waals surface area contributed by atoms with Crippen LogP contribution in [0.25, 0.3) is 10.6 Å². The van der Waals surface area contributed by atoms with Crippen LogP contribution in [0.5, 0.6) is 0 Å². The molecule has 3 nitrogen and oxygen atoms in total. The summed E-state index contributed by atoms with van der Waals surface area (Å²) in [6.45, 7) is 1.91. The highest BCUT2D eigenvalue weighted by Crippen LogP contribution is 2.30. The Kier molecular flexibility index (Phi) is 2.81. The van der Waals surface area contributed by atoms with Crippen LogP contribution in [-0.2, 0) is 6.54 Å². The highest BCUT2D eigenvalue weighted by molar-refractivity contribution is 7.13. The summed E-state index contributed by atoms with van der Waals surface area (Å²) in [7, 11) is 0. The van der Waals surface area contributed by atoms with Crippen LogP contribution in [0.3, 0.4) is 0 Å². The Bertz CT molecular complexity index is 701. The molecule has 1 atom stereocenters. The fraction of sp³-hybridized carbons (Fsp3) is 0.188. The number of anilines is 1. The van der Waals surface area contributed by atoms with Gasteiger partial charge in [-0.2, -0.15) is 5.10 Å². The Morgan fingerprint density at radius 2 is 2.05 bits per heavy atom. The van der Waals surface area contributed by atoms with Crippen molar-refractivity contribution in [3.8, 4) is 10.6 Å². The van der Waals surface area contributed by atoms with Gasteiger partial charge >= 0.3 is 0 Å². The second-order valence-electron chi connectivity index (χ2n) is 5.06. The Hall–Kier alpha value is -2.07. The van der Waals surface area contributed by atoms with E-state index in [4.69, 9.17) is 5.10 Å². The van der Waals surface area contributed by atoms with Gasteiger partial charge < -0.3 is 5.32 Å². The Balaban J connectivity index is 1.63. The van der Waals surface area contributed by atoms with Gasteiger partial charge in [0.05, 0.1) is 11.4 Å². The molecule has 3 heterocycles. The lowest BCUT2D eigenvalue weighted by Crippen LogP contribution is -2.26. The Morgan fingerprint density at radius 3 is 2.85 bits per heavy atom. The van der Waals surface area contributed by atoms with E-state index in [0.29, 0.717) is 5.92 Å². The average Bonchev–Trinajstić information content (AvgIpc) is 3.16. The summed E-state index contributed by atoms with van der Waals surface area (Å²) in [5.74, 6) is 1.61. The smallest absolute Gasteiger partial charge is 0.124 e. The molecule has 4 heteroatoms. The highest BCUT2D eigenvalue weighted by atomic mass is 32.1. The first-order chi connectivity index (χ1) is 9.90. The van der Waals surface area contributed by atoms with Crippen molar-refractivity contribution < 1.29 is 0 Å². The molecule has 0 amide bonds. The minimum Gasteiger partial charge on any atom is -0.370 e. The summed E-state index contributed by atoms with van der Waals surface area (Å²) >= 11 is 1.73. The molecule has 20 heavy (non-hydrogen) atoms. The van der Waals surface area contributed by atoms with Crippen molar-refractivity contribution in [1.82, 2.24) is 9.78 Å². The quantitative estimate of drug-likeness (QED) is 0.774. The molecule has 4 rings (SSSR count). The summed E-state index contributed by atoms with van der Waals surface area (Å²) in [6, 6.07) is 17.0. The van der Waals surface area contributed by atoms with Crippen molar-refractivity contribution in [3.63, 3.8) is 0 Å². The number of rotatable bonds is 2. The summed E-state index contributed by atoms with van der Waals surface area (Å²) in [6.07, 6.45) is 0. The zero-order valence-corrected chi connectivity index (χ0v) is 11.8. The number of nitrogens with one attached hydrogen (secondary N) is 1. The SMILES string of the molecule is c1ccc(C2CNc3cc(-c4cccs4)nn3C2)cc1. The van der Waals surface area contributed by atoms with Crippen LogP contribution in [0.1, 0.15) is 11.5 Å². The van der Waals surface area contributed by atoms with Gasteiger partial charge in [-0.1, -0.05) is 36.4 Å². The fourth-order valence-electron chi connectivity index (χ4n) is 2.69. The molecule has 100 valence electrons. The second-order valence-corrected chi connectivity index (χ2v) is 6.01. The standard InChI is InChI=1S/C16H15N3S/c1-2-5-12(6-3-1)13-10-17-16-9-14(18-19(16)11-13)15-7-4-8-20-15/h1-9,13,17H,10-11H2. The first-order valence-corrected chi connectivity index (χ1v) is 7.69. The van der Waals surface area contributed by atoms with Crippen molar-refractivity contribution in [2.24, 2.45) is 0 Å². The van der Waals surface area contributed by atoms with E-state index in [-0.39, 0.29) is 0 Å². The van der Waals surface area contributed by atoms with Crippen molar-refractivity contribution >= 4 is 17.2 Å². The third kappa shape index (κ3) is 2.02. The minimum atomic E-state index is 0.486. The summed E-state index contributed by atoms with van der Waals surface area (Å²) in [5, 5.41) is 10.3. The molecule has 1 unspecified atom stereocenters. The van der Waals surface area contributed by atoms with E-state index in [2.05, 4.69) is 63.9 Å². The van der Waals surface area contributed by atoms with Crippen molar-refractivity contribution in [1.29, 1.82) is 0 Å². The predicted molar refractivity (Wildman–Crippen MR) is 83.2 cm³/mol. The van der Waals surface area contributed by atoms with Crippen molar-refractivity contribution in [2.45, 2.75) is 12.5 Å². The van der Waals surface area contributed by atoms with Gasteiger partial charge in [0.1, 0.15) is 11.5 Å². The number of hydrogen-bond donors (Lipinski definition) is 1. The molecule has 0 bridgehead atoms. The first kappa shape index (κ1) is 11.7. The molecule has 2 aromatic heterocycles. The molecule has 3 aromatic rings. The topological polar surface area (TPSA) is 29.9 Å². The van der Waals surface area contributed by atoms with E-state index in [9.17, 15) is 0 Å². The molecule has 1 N–H and O–H groups in total. The van der Waals surface area contributed by atoms with Crippen LogP contribution in [-0.4, -0.2) is 16.3 Å². The maximum atomic E-state index is 4.73. The normalized spacial score (nSPS) is 17.5. The maximum absolute atomic E-state index is 4.73. The van der Waals surface area contributed by atoms with Crippen molar-refractivity contribution in [2.75, 3.05) is 11.9 Å². The van der Waals surface area contributed by atoms with Gasteiger partial charge in [0.15, 0.2) is 0 Å². The summed E-state index contributed by atoms with van der Waals surface area (Å²) in [4.78, 5) is 1.23. The number of thiophene rings is 1. The van der Waals surface area contributed by atoms with E-state index in [1.165, 1.54) is 10.4 Å². The third-order valence-electron chi connectivity index (χ3n) is 3.75. The average molecular weight is 281 g/mol. The van der Waals surface area contributed by atoms with Crippen LogP contribution in [0, 0.1) is 0 Å². The number of hydrogen-bond acceptors (Lipinski definition) is 3. The van der Waals surface area contributed by atoms with Gasteiger partial charge in [-0.25, -0.2) is 4.68 Å². The van der Waals surface area contributed by atoms with Gasteiger partial charge in [0.25, 0.3) is 0 Å². The molecule has 0 aliphatic carbocycles. The summed E-state index contributed by atoms with van der Waals surface area (Å²) in [5.41, 5.74) is 2.44. The molecule has 1 aliphatic rings. The van der Waals surface area contributed by atoms with Crippen LogP contribution in [0.2, 0.25) is 0 Å². The Morgan fingerprint density at radius 1 is 1.15 bits per heavy atom. The van der Waals surface area contributed by atoms with Crippen LogP contribution >= 0.6 is 11.3 Å². The van der Waals surface area contributed by atoms with E-state index >= 15 is 0 Å². The van der Waals surface area contributed by atoms with Gasteiger partial charge in [-0.05, 0) is 17.0 Å². The monoisotopic (exact) mass is 281 g/mol. The molecule has 0 saturated carbocycles. The number of fused-ring (bicyclic) bond motifs is 1. The number of benzene rings is 1. The number of nitrogens with zero attached hydrogens (tertiary/aromatic N) is 2. The lowest BCUT2D eigenvalue weighted by molar-refractivity contribution is 0.506. The van der Waals surface area contributed by atoms with Gasteiger partial charge in [0, 0.05) is 18.5 Å². The third-order valence-corrected chi connectivity index (χ3v) is 4.64. The van der Waals surface area contributed by atoms with Crippen LogP contribution in [0.15, 0.2) is 53.9 Å². The zero-order valence-electron chi connectivity index (χ0n) is 11.0. The molecule has 1 aromatic carbocycles. The minimum absolute atomic E-state index is 0.486. The highest BCUT2D eigenvalue weighted by Gasteiger charge is 2.21. The molecular formula is C16H15N3S. The van der Waals surface area contributed by atoms with Gasteiger partial charge in [-0.3, -0.25) is 0 Å². The second kappa shape index (κ2) is 4.80. The summed E-state index contributed by atoms with van der Waals surface area (Å²) < 4.78 is 2.09. The van der Waals surface area contributed by atoms with Crippen molar-refractivity contribution in [3.05, 3.63) is 59.5 Å². The van der Waals surface area contributed by atoms with Crippen LogP contribution in [0.4, 0.5) is 5.82 Å². The van der Waals surface area contributed by atoms with E-state index in [1.54, 1.807) is 11.3 Å². The van der Waals surface area contributed by atoms with Gasteiger partial charge in [0.2, 0.25) is 0 Å². The molecule has 1 aliphatic heterocycles. The van der Waals surface area contributed by atoms with E-state index in [1.807, 2.05) is 0 Å². The molecular weight excluding hydrogens is 266 g/mol. The number of aromatic nitrogens is 2. The molecule has 0 fully saturated rings. The lowest BCUT2D eigenvalue weighted by atomic mass is 9.98. The Labute approximate surface area is 121 Å². The van der Waals surface area contributed by atoms with E-state index < -0.39 is 0 Å². The molecule has 0 radical (unpaired) electrons. The van der Waals surface area contributed by atoms with Crippen LogP contribution < -0.4 is 5.32 Å². The molecule has 0 spiro atoms. The van der Waals surface area contributed by atoms with E-state index in [0.717, 1.165) is 24.6 Å². The largest absolute Gasteiger partial charge is 0.370 e. The fourth-order valence-corrected chi connectivity index (χ4v) is 3.37. The maximum Gasteiger partial charge on any atom is 0.124 e.